The Kier molecular flexibility index (Phi) is 6.67. The number of amides is 2. The fourth-order valence-corrected chi connectivity index (χ4v) is 6.43. The van der Waals surface area contributed by atoms with E-state index >= 15 is 0 Å². The Morgan fingerprint density at radius 3 is 2.39 bits per heavy atom. The highest BCUT2D eigenvalue weighted by molar-refractivity contribution is 7.89. The molecule has 0 saturated carbocycles. The lowest BCUT2D eigenvalue weighted by molar-refractivity contribution is 0.0794. The normalized spacial score (nSPS) is 17.4. The van der Waals surface area contributed by atoms with Crippen LogP contribution >= 0.6 is 0 Å². The van der Waals surface area contributed by atoms with Gasteiger partial charge >= 0.3 is 6.09 Å². The van der Waals surface area contributed by atoms with Crippen molar-refractivity contribution in [2.24, 2.45) is 0 Å². The summed E-state index contributed by atoms with van der Waals surface area (Å²) in [6.07, 6.45) is 6.33. The number of hydrogen-bond acceptors (Lipinski definition) is 6. The summed E-state index contributed by atoms with van der Waals surface area (Å²) in [7, 11) is -2.38. The molecule has 10 nitrogen and oxygen atoms in total. The number of piperidine rings is 1. The van der Waals surface area contributed by atoms with Gasteiger partial charge in [0.05, 0.1) is 29.3 Å². The molecule has 0 unspecified atom stereocenters. The van der Waals surface area contributed by atoms with Crippen molar-refractivity contribution in [2.45, 2.75) is 36.5 Å². The standard InChI is InChI=1S/C25H29N5O5S/c1-35-25(32)27-20-4-6-21(7-5-20)36(33,34)29-13-8-18(9-14-29)19-10-15-30-23(16-19)22(17-26-30)24(31)28-11-2-3-12-28/h4-7,10,15-18H,2-3,8-9,11-14H2,1H3,(H,27,32). The lowest BCUT2D eigenvalue weighted by Crippen LogP contribution is -2.37. The van der Waals surface area contributed by atoms with E-state index in [1.807, 2.05) is 23.2 Å². The van der Waals surface area contributed by atoms with Crippen LogP contribution in [0.25, 0.3) is 5.52 Å². The lowest BCUT2D eigenvalue weighted by atomic mass is 9.90. The molecule has 2 amide bonds. The SMILES string of the molecule is COC(=O)Nc1ccc(S(=O)(=O)N2CCC(c3ccn4ncc(C(=O)N5CCCC5)c4c3)CC2)cc1. The second-order valence-corrected chi connectivity index (χ2v) is 11.1. The van der Waals surface area contributed by atoms with Gasteiger partial charge in [0, 0.05) is 38.1 Å². The van der Waals surface area contributed by atoms with E-state index in [4.69, 9.17) is 0 Å². The van der Waals surface area contributed by atoms with Crippen LogP contribution in [0.1, 0.15) is 47.5 Å². The summed E-state index contributed by atoms with van der Waals surface area (Å²) < 4.78 is 34.1. The number of benzene rings is 1. The third-order valence-corrected chi connectivity index (χ3v) is 8.93. The minimum atomic E-state index is -3.65. The van der Waals surface area contributed by atoms with E-state index in [2.05, 4.69) is 15.2 Å². The highest BCUT2D eigenvalue weighted by Crippen LogP contribution is 2.32. The van der Waals surface area contributed by atoms with Crippen molar-refractivity contribution in [3.8, 4) is 0 Å². The zero-order valence-corrected chi connectivity index (χ0v) is 20.9. The highest BCUT2D eigenvalue weighted by atomic mass is 32.2. The molecule has 0 bridgehead atoms. The smallest absolute Gasteiger partial charge is 0.411 e. The second-order valence-electron chi connectivity index (χ2n) is 9.17. The van der Waals surface area contributed by atoms with E-state index in [9.17, 15) is 18.0 Å². The Labute approximate surface area is 209 Å². The number of methoxy groups -OCH3 is 1. The molecule has 2 saturated heterocycles. The first kappa shape index (κ1) is 24.3. The first-order valence-electron chi connectivity index (χ1n) is 12.1. The number of carbonyl (C=O) groups is 2. The Bertz CT molecular complexity index is 1370. The molecule has 1 aromatic carbocycles. The molecule has 3 aromatic rings. The number of ether oxygens (including phenoxy) is 1. The van der Waals surface area contributed by atoms with E-state index < -0.39 is 16.1 Å². The summed E-state index contributed by atoms with van der Waals surface area (Å²) >= 11 is 0. The Balaban J connectivity index is 1.27. The quantitative estimate of drug-likeness (QED) is 0.562. The molecule has 4 heterocycles. The van der Waals surface area contributed by atoms with Crippen LogP contribution in [0.4, 0.5) is 10.5 Å². The minimum Gasteiger partial charge on any atom is -0.453 e. The maximum atomic E-state index is 13.2. The number of fused-ring (bicyclic) bond motifs is 1. The molecule has 2 aliphatic heterocycles. The molecule has 5 rings (SSSR count). The lowest BCUT2D eigenvalue weighted by Gasteiger charge is -2.31. The molecule has 0 radical (unpaired) electrons. The number of likely N-dealkylation sites (tertiary alicyclic amines) is 1. The topological polar surface area (TPSA) is 113 Å². The van der Waals surface area contributed by atoms with E-state index in [0.29, 0.717) is 37.2 Å². The number of nitrogens with zero attached hydrogens (tertiary/aromatic N) is 4. The van der Waals surface area contributed by atoms with E-state index in [-0.39, 0.29) is 16.7 Å². The summed E-state index contributed by atoms with van der Waals surface area (Å²) in [5.41, 5.74) is 2.95. The molecule has 11 heteroatoms. The van der Waals surface area contributed by atoms with Gasteiger partial charge in [-0.2, -0.15) is 9.40 Å². The van der Waals surface area contributed by atoms with Crippen LogP contribution in [-0.4, -0.2) is 72.5 Å². The summed E-state index contributed by atoms with van der Waals surface area (Å²) in [4.78, 5) is 26.4. The van der Waals surface area contributed by atoms with Gasteiger partial charge in [-0.05, 0) is 73.6 Å². The van der Waals surface area contributed by atoms with Gasteiger partial charge in [0.1, 0.15) is 0 Å². The van der Waals surface area contributed by atoms with Gasteiger partial charge in [-0.3, -0.25) is 10.1 Å². The minimum absolute atomic E-state index is 0.0216. The number of hydrogen-bond donors (Lipinski definition) is 1. The van der Waals surface area contributed by atoms with Crippen LogP contribution in [0.3, 0.4) is 0 Å². The van der Waals surface area contributed by atoms with Crippen molar-refractivity contribution < 1.29 is 22.7 Å². The second kappa shape index (κ2) is 9.90. The fourth-order valence-electron chi connectivity index (χ4n) is 4.96. The van der Waals surface area contributed by atoms with Gasteiger partial charge in [-0.25, -0.2) is 17.7 Å². The van der Waals surface area contributed by atoms with Crippen molar-refractivity contribution in [3.05, 3.63) is 59.9 Å². The monoisotopic (exact) mass is 511 g/mol. The number of pyridine rings is 1. The third-order valence-electron chi connectivity index (χ3n) is 7.02. The van der Waals surface area contributed by atoms with Crippen LogP contribution < -0.4 is 5.32 Å². The summed E-state index contributed by atoms with van der Waals surface area (Å²) in [6, 6.07) is 10.1. The molecular weight excluding hydrogens is 482 g/mol. The predicted molar refractivity (Wildman–Crippen MR) is 134 cm³/mol. The van der Waals surface area contributed by atoms with Crippen molar-refractivity contribution in [2.75, 3.05) is 38.6 Å². The van der Waals surface area contributed by atoms with E-state index in [1.54, 1.807) is 22.8 Å². The molecule has 0 aliphatic carbocycles. The molecule has 190 valence electrons. The third kappa shape index (κ3) is 4.68. The average Bonchev–Trinajstić information content (AvgIpc) is 3.59. The zero-order valence-electron chi connectivity index (χ0n) is 20.1. The zero-order chi connectivity index (χ0) is 25.3. The molecule has 2 fully saturated rings. The fraction of sp³-hybridized carbons (Fsp3) is 0.400. The number of nitrogens with one attached hydrogen (secondary N) is 1. The number of sulfonamides is 1. The van der Waals surface area contributed by atoms with Gasteiger partial charge < -0.3 is 9.64 Å². The molecular formula is C25H29N5O5S. The van der Waals surface area contributed by atoms with Crippen LogP contribution in [0.5, 0.6) is 0 Å². The molecule has 2 aliphatic rings. The van der Waals surface area contributed by atoms with Crippen molar-refractivity contribution >= 4 is 33.2 Å². The highest BCUT2D eigenvalue weighted by Gasteiger charge is 2.30. The van der Waals surface area contributed by atoms with Gasteiger partial charge in [-0.1, -0.05) is 0 Å². The van der Waals surface area contributed by atoms with Crippen molar-refractivity contribution in [1.29, 1.82) is 0 Å². The maximum absolute atomic E-state index is 13.2. The van der Waals surface area contributed by atoms with Gasteiger partial charge in [-0.15, -0.1) is 0 Å². The maximum Gasteiger partial charge on any atom is 0.411 e. The van der Waals surface area contributed by atoms with Gasteiger partial charge in [0.15, 0.2) is 0 Å². The molecule has 1 N–H and O–H groups in total. The first-order chi connectivity index (χ1) is 17.4. The molecule has 0 spiro atoms. The van der Waals surface area contributed by atoms with E-state index in [0.717, 1.165) is 37.0 Å². The van der Waals surface area contributed by atoms with E-state index in [1.165, 1.54) is 23.5 Å². The summed E-state index contributed by atoms with van der Waals surface area (Å²) in [5.74, 6) is 0.214. The number of rotatable bonds is 5. The summed E-state index contributed by atoms with van der Waals surface area (Å²) in [6.45, 7) is 2.37. The molecule has 36 heavy (non-hydrogen) atoms. The van der Waals surface area contributed by atoms with Crippen LogP contribution in [0, 0.1) is 0 Å². The molecule has 2 aromatic heterocycles. The Morgan fingerprint density at radius 2 is 1.72 bits per heavy atom. The van der Waals surface area contributed by atoms with Crippen LogP contribution in [0.15, 0.2) is 53.7 Å². The largest absolute Gasteiger partial charge is 0.453 e. The number of carbonyl (C=O) groups excluding carboxylic acids is 2. The number of aromatic nitrogens is 2. The number of anilines is 1. The molecule has 0 atom stereocenters. The van der Waals surface area contributed by atoms with Crippen LogP contribution in [0.2, 0.25) is 0 Å². The van der Waals surface area contributed by atoms with Gasteiger partial charge in [0.2, 0.25) is 10.0 Å². The van der Waals surface area contributed by atoms with Crippen LogP contribution in [-0.2, 0) is 14.8 Å². The van der Waals surface area contributed by atoms with Crippen molar-refractivity contribution in [1.82, 2.24) is 18.8 Å². The van der Waals surface area contributed by atoms with Crippen molar-refractivity contribution in [3.63, 3.8) is 0 Å². The predicted octanol–water partition coefficient (Wildman–Crippen LogP) is 3.32. The van der Waals surface area contributed by atoms with Gasteiger partial charge in [0.25, 0.3) is 5.91 Å². The first-order valence-corrected chi connectivity index (χ1v) is 13.5. The Morgan fingerprint density at radius 1 is 1.03 bits per heavy atom. The Hall–Kier alpha value is -3.44. The average molecular weight is 512 g/mol. The summed E-state index contributed by atoms with van der Waals surface area (Å²) in [5, 5.41) is 6.87.